The van der Waals surface area contributed by atoms with Gasteiger partial charge in [-0.1, -0.05) is 13.0 Å². The van der Waals surface area contributed by atoms with Gasteiger partial charge in [0.05, 0.1) is 29.8 Å². The highest BCUT2D eigenvalue weighted by atomic mass is 16.3. The second kappa shape index (κ2) is 6.33. The lowest BCUT2D eigenvalue weighted by Gasteiger charge is -2.27. The molecular weight excluding hydrogens is 356 g/mol. The van der Waals surface area contributed by atoms with Gasteiger partial charge in [0.2, 0.25) is 0 Å². The number of nitrogens with one attached hydrogen (secondary N) is 1. The molecule has 8 nitrogen and oxygen atoms in total. The Morgan fingerprint density at radius 3 is 3.04 bits per heavy atom. The first-order valence-electron chi connectivity index (χ1n) is 9.37. The Morgan fingerprint density at radius 2 is 2.18 bits per heavy atom. The highest BCUT2D eigenvalue weighted by molar-refractivity contribution is 5.93. The van der Waals surface area contributed by atoms with Crippen LogP contribution < -0.4 is 0 Å². The molecule has 0 fully saturated rings. The van der Waals surface area contributed by atoms with E-state index in [0.717, 1.165) is 28.2 Å². The largest absolute Gasteiger partial charge is 0.448 e. The van der Waals surface area contributed by atoms with E-state index in [2.05, 4.69) is 33.0 Å². The van der Waals surface area contributed by atoms with Gasteiger partial charge < -0.3 is 14.3 Å². The molecule has 5 rings (SSSR count). The maximum absolute atomic E-state index is 12.8. The van der Waals surface area contributed by atoms with E-state index in [-0.39, 0.29) is 5.91 Å². The maximum Gasteiger partial charge on any atom is 0.276 e. The molecule has 142 valence electrons. The summed E-state index contributed by atoms with van der Waals surface area (Å²) in [6.45, 7) is 5.71. The lowest BCUT2D eigenvalue weighted by atomic mass is 10.2. The Morgan fingerprint density at radius 1 is 1.29 bits per heavy atom. The predicted octanol–water partition coefficient (Wildman–Crippen LogP) is 2.94. The summed E-state index contributed by atoms with van der Waals surface area (Å²) in [6, 6.07) is 8.12. The van der Waals surface area contributed by atoms with E-state index in [4.69, 9.17) is 4.42 Å². The van der Waals surface area contributed by atoms with E-state index in [0.29, 0.717) is 37.5 Å². The molecule has 0 unspecified atom stereocenters. The van der Waals surface area contributed by atoms with Gasteiger partial charge in [-0.15, -0.1) is 0 Å². The van der Waals surface area contributed by atoms with E-state index in [1.165, 1.54) is 12.0 Å². The number of rotatable bonds is 3. The summed E-state index contributed by atoms with van der Waals surface area (Å²) in [6.07, 6.45) is 1.98. The van der Waals surface area contributed by atoms with Gasteiger partial charge in [-0.2, -0.15) is 5.10 Å². The van der Waals surface area contributed by atoms with E-state index < -0.39 is 0 Å². The second-order valence-electron chi connectivity index (χ2n) is 7.05. The van der Waals surface area contributed by atoms with Gasteiger partial charge in [-0.3, -0.25) is 9.48 Å². The quantitative estimate of drug-likeness (QED) is 0.593. The van der Waals surface area contributed by atoms with E-state index >= 15 is 0 Å². The third-order valence-electron chi connectivity index (χ3n) is 5.13. The van der Waals surface area contributed by atoms with Crippen molar-refractivity contribution >= 4 is 16.9 Å². The highest BCUT2D eigenvalue weighted by Gasteiger charge is 2.27. The van der Waals surface area contributed by atoms with Crippen LogP contribution in [0.25, 0.3) is 22.6 Å². The van der Waals surface area contributed by atoms with Crippen molar-refractivity contribution in [1.29, 1.82) is 0 Å². The van der Waals surface area contributed by atoms with Gasteiger partial charge in [0, 0.05) is 13.0 Å². The van der Waals surface area contributed by atoms with E-state index in [1.54, 1.807) is 4.90 Å². The maximum atomic E-state index is 12.8. The predicted molar refractivity (Wildman–Crippen MR) is 103 cm³/mol. The van der Waals surface area contributed by atoms with E-state index in [1.807, 2.05) is 29.8 Å². The number of fused-ring (bicyclic) bond motifs is 2. The number of aryl methyl sites for hydroxylation is 2. The third-order valence-corrected chi connectivity index (χ3v) is 5.13. The van der Waals surface area contributed by atoms with Crippen LogP contribution in [0.15, 0.2) is 35.1 Å². The minimum absolute atomic E-state index is 0.0983. The van der Waals surface area contributed by atoms with Crippen molar-refractivity contribution in [2.24, 2.45) is 0 Å². The van der Waals surface area contributed by atoms with Gasteiger partial charge in [-0.25, -0.2) is 9.97 Å². The molecule has 0 atom stereocenters. The van der Waals surface area contributed by atoms with Crippen LogP contribution in [0.5, 0.6) is 0 Å². The van der Waals surface area contributed by atoms with Gasteiger partial charge in [0.25, 0.3) is 5.91 Å². The van der Waals surface area contributed by atoms with Crippen LogP contribution in [0.1, 0.15) is 34.4 Å². The molecule has 0 radical (unpaired) electrons. The van der Waals surface area contributed by atoms with Crippen molar-refractivity contribution < 1.29 is 9.21 Å². The second-order valence-corrected chi connectivity index (χ2v) is 7.05. The van der Waals surface area contributed by atoms with Crippen molar-refractivity contribution in [3.63, 3.8) is 0 Å². The first kappa shape index (κ1) is 16.7. The van der Waals surface area contributed by atoms with Crippen molar-refractivity contribution in [3.05, 3.63) is 53.4 Å². The third kappa shape index (κ3) is 2.69. The fraction of sp³-hybridized carbons (Fsp3) is 0.300. The van der Waals surface area contributed by atoms with Crippen LogP contribution in [0.4, 0.5) is 0 Å². The number of aromatic nitrogens is 5. The number of carbonyl (C=O) groups is 1. The standard InChI is InChI=1S/C20H20N6O2/c1-3-17-18(21-11-28-17)20(27)25-6-7-26-13(10-25)9-16(24-26)19-22-14-5-4-12(2)8-15(14)23-19/h4-5,8-9,11H,3,6-7,10H2,1-2H3,(H,22,23). The molecular formula is C20H20N6O2. The molecule has 0 aliphatic carbocycles. The zero-order chi connectivity index (χ0) is 19.3. The van der Waals surface area contributed by atoms with E-state index in [9.17, 15) is 4.79 Å². The molecule has 4 heterocycles. The van der Waals surface area contributed by atoms with Crippen molar-refractivity contribution in [3.8, 4) is 11.5 Å². The number of benzene rings is 1. The molecule has 28 heavy (non-hydrogen) atoms. The summed E-state index contributed by atoms with van der Waals surface area (Å²) in [5, 5.41) is 4.68. The SMILES string of the molecule is CCc1ocnc1C(=O)N1CCn2nc(-c3nc4ccc(C)cc4[nH]3)cc2C1. The zero-order valence-corrected chi connectivity index (χ0v) is 15.8. The summed E-state index contributed by atoms with van der Waals surface area (Å²) in [5.74, 6) is 1.27. The number of aromatic amines is 1. The average molecular weight is 376 g/mol. The van der Waals surface area contributed by atoms with Gasteiger partial charge in [0.1, 0.15) is 11.5 Å². The summed E-state index contributed by atoms with van der Waals surface area (Å²) >= 11 is 0. The fourth-order valence-corrected chi connectivity index (χ4v) is 3.65. The van der Waals surface area contributed by atoms with Crippen LogP contribution >= 0.6 is 0 Å². The minimum atomic E-state index is -0.0983. The van der Waals surface area contributed by atoms with Gasteiger partial charge in [-0.05, 0) is 30.7 Å². The fourth-order valence-electron chi connectivity index (χ4n) is 3.65. The van der Waals surface area contributed by atoms with Crippen LogP contribution in [0.2, 0.25) is 0 Å². The molecule has 4 aromatic rings. The minimum Gasteiger partial charge on any atom is -0.448 e. The first-order chi connectivity index (χ1) is 13.6. The highest BCUT2D eigenvalue weighted by Crippen LogP contribution is 2.24. The number of hydrogen-bond acceptors (Lipinski definition) is 5. The molecule has 1 aromatic carbocycles. The Hall–Kier alpha value is -3.42. The Labute approximate surface area is 161 Å². The summed E-state index contributed by atoms with van der Waals surface area (Å²) in [7, 11) is 0. The van der Waals surface area contributed by atoms with Gasteiger partial charge >= 0.3 is 0 Å². The first-order valence-corrected chi connectivity index (χ1v) is 9.37. The normalized spacial score (nSPS) is 13.9. The Bertz CT molecular complexity index is 1180. The van der Waals surface area contributed by atoms with Crippen LogP contribution in [0, 0.1) is 6.92 Å². The molecule has 0 saturated carbocycles. The lowest BCUT2D eigenvalue weighted by molar-refractivity contribution is 0.0698. The molecule has 0 spiro atoms. The number of oxazole rings is 1. The van der Waals surface area contributed by atoms with Crippen LogP contribution in [-0.2, 0) is 19.5 Å². The number of H-pyrrole nitrogens is 1. The molecule has 0 bridgehead atoms. The number of carbonyl (C=O) groups excluding carboxylic acids is 1. The molecule has 0 saturated heterocycles. The molecule has 1 amide bonds. The summed E-state index contributed by atoms with van der Waals surface area (Å²) in [5.41, 5.74) is 5.27. The number of imidazole rings is 1. The average Bonchev–Trinajstić information content (AvgIpc) is 3.42. The Balaban J connectivity index is 1.42. The molecule has 3 aromatic heterocycles. The molecule has 1 aliphatic heterocycles. The molecule has 8 heteroatoms. The van der Waals surface area contributed by atoms with Crippen molar-refractivity contribution in [2.75, 3.05) is 6.54 Å². The molecule has 1 aliphatic rings. The number of nitrogens with zero attached hydrogens (tertiary/aromatic N) is 5. The van der Waals surface area contributed by atoms with Crippen molar-refractivity contribution in [1.82, 2.24) is 29.6 Å². The van der Waals surface area contributed by atoms with Crippen LogP contribution in [0.3, 0.4) is 0 Å². The Kier molecular flexibility index (Phi) is 3.78. The van der Waals surface area contributed by atoms with Crippen LogP contribution in [-0.4, -0.2) is 42.1 Å². The zero-order valence-electron chi connectivity index (χ0n) is 15.8. The summed E-state index contributed by atoms with van der Waals surface area (Å²) < 4.78 is 7.25. The van der Waals surface area contributed by atoms with Crippen molar-refractivity contribution in [2.45, 2.75) is 33.4 Å². The molecule has 1 N–H and O–H groups in total. The van der Waals surface area contributed by atoms with Gasteiger partial charge in [0.15, 0.2) is 17.9 Å². The lowest BCUT2D eigenvalue weighted by Crippen LogP contribution is -2.38. The number of amides is 1. The summed E-state index contributed by atoms with van der Waals surface area (Å²) in [4.78, 5) is 26.7. The topological polar surface area (TPSA) is 92.8 Å². The monoisotopic (exact) mass is 376 g/mol. The smallest absolute Gasteiger partial charge is 0.276 e. The number of hydrogen-bond donors (Lipinski definition) is 1.